The van der Waals surface area contributed by atoms with Crippen LogP contribution >= 0.6 is 0 Å². The fourth-order valence-electron chi connectivity index (χ4n) is 2.88. The number of carbonyl (C=O) groups excluding carboxylic acids is 1. The van der Waals surface area contributed by atoms with Crippen LogP contribution in [0.3, 0.4) is 0 Å². The van der Waals surface area contributed by atoms with Crippen molar-refractivity contribution in [1.82, 2.24) is 15.5 Å². The minimum Gasteiger partial charge on any atom is -0.354 e. The van der Waals surface area contributed by atoms with E-state index in [1.165, 1.54) is 5.57 Å². The van der Waals surface area contributed by atoms with E-state index < -0.39 is 0 Å². The lowest BCUT2D eigenvalue weighted by Gasteiger charge is -2.36. The predicted octanol–water partition coefficient (Wildman–Crippen LogP) is 0.363. The van der Waals surface area contributed by atoms with Crippen molar-refractivity contribution in [2.24, 2.45) is 5.92 Å². The molecule has 2 aliphatic heterocycles. The summed E-state index contributed by atoms with van der Waals surface area (Å²) in [4.78, 5) is 14.1. The Morgan fingerprint density at radius 2 is 2.47 bits per heavy atom. The van der Waals surface area contributed by atoms with Crippen molar-refractivity contribution in [2.75, 3.05) is 32.7 Å². The van der Waals surface area contributed by atoms with Gasteiger partial charge in [0.05, 0.1) is 5.92 Å². The molecule has 2 aliphatic rings. The summed E-state index contributed by atoms with van der Waals surface area (Å²) in [6.07, 6.45) is 2.18. The van der Waals surface area contributed by atoms with E-state index in [1.54, 1.807) is 0 Å². The second kappa shape index (κ2) is 5.65. The van der Waals surface area contributed by atoms with Gasteiger partial charge in [0.1, 0.15) is 0 Å². The summed E-state index contributed by atoms with van der Waals surface area (Å²) in [6.45, 7) is 10.9. The Bertz CT molecular complexity index is 303. The molecule has 0 aromatic carbocycles. The van der Waals surface area contributed by atoms with Gasteiger partial charge in [0.2, 0.25) is 5.91 Å². The standard InChI is InChI=1S/C13H23N3O/c1-3-14-7-10(2)9-16-6-4-5-11-12(16)8-15-13(11)17/h11-12,14H,2-9H2,1H3,(H,15,17). The monoisotopic (exact) mass is 237 g/mol. The number of likely N-dealkylation sites (N-methyl/N-ethyl adjacent to an activating group) is 1. The molecule has 0 bridgehead atoms. The molecule has 2 saturated heterocycles. The molecule has 2 atom stereocenters. The van der Waals surface area contributed by atoms with E-state index in [9.17, 15) is 4.79 Å². The number of hydrogen-bond donors (Lipinski definition) is 2. The molecule has 2 rings (SSSR count). The summed E-state index contributed by atoms with van der Waals surface area (Å²) in [5.74, 6) is 0.465. The molecule has 0 aromatic rings. The highest BCUT2D eigenvalue weighted by Crippen LogP contribution is 2.27. The van der Waals surface area contributed by atoms with Crippen LogP contribution in [0.25, 0.3) is 0 Å². The summed E-state index contributed by atoms with van der Waals surface area (Å²) in [7, 11) is 0. The molecule has 2 fully saturated rings. The molecule has 2 heterocycles. The summed E-state index contributed by atoms with van der Waals surface area (Å²) in [5.41, 5.74) is 1.21. The number of rotatable bonds is 5. The largest absolute Gasteiger partial charge is 0.354 e. The Kier molecular flexibility index (Phi) is 4.18. The van der Waals surface area contributed by atoms with Crippen molar-refractivity contribution in [1.29, 1.82) is 0 Å². The van der Waals surface area contributed by atoms with Crippen LogP contribution in [0.2, 0.25) is 0 Å². The molecule has 17 heavy (non-hydrogen) atoms. The van der Waals surface area contributed by atoms with E-state index in [0.29, 0.717) is 6.04 Å². The van der Waals surface area contributed by atoms with Gasteiger partial charge in [-0.1, -0.05) is 13.5 Å². The quantitative estimate of drug-likeness (QED) is 0.679. The predicted molar refractivity (Wildman–Crippen MR) is 68.8 cm³/mol. The molecule has 0 aromatic heterocycles. The first-order chi connectivity index (χ1) is 8.22. The van der Waals surface area contributed by atoms with E-state index in [4.69, 9.17) is 0 Å². The first kappa shape index (κ1) is 12.6. The Morgan fingerprint density at radius 1 is 1.65 bits per heavy atom. The number of piperidine rings is 1. The third-order valence-electron chi connectivity index (χ3n) is 3.77. The summed E-state index contributed by atoms with van der Waals surface area (Å²) < 4.78 is 0. The minimum absolute atomic E-state index is 0.218. The fraction of sp³-hybridized carbons (Fsp3) is 0.769. The van der Waals surface area contributed by atoms with E-state index in [-0.39, 0.29) is 11.8 Å². The second-order valence-electron chi connectivity index (χ2n) is 5.06. The molecule has 2 unspecified atom stereocenters. The maximum Gasteiger partial charge on any atom is 0.224 e. The van der Waals surface area contributed by atoms with Crippen LogP contribution < -0.4 is 10.6 Å². The van der Waals surface area contributed by atoms with Crippen LogP contribution in [-0.2, 0) is 4.79 Å². The molecule has 0 aliphatic carbocycles. The minimum atomic E-state index is 0.218. The van der Waals surface area contributed by atoms with Crippen LogP contribution in [-0.4, -0.2) is 49.6 Å². The van der Waals surface area contributed by atoms with Gasteiger partial charge < -0.3 is 10.6 Å². The number of nitrogens with one attached hydrogen (secondary N) is 2. The van der Waals surface area contributed by atoms with E-state index in [0.717, 1.165) is 45.6 Å². The molecule has 1 amide bonds. The van der Waals surface area contributed by atoms with Gasteiger partial charge in [0.25, 0.3) is 0 Å². The molecule has 0 saturated carbocycles. The van der Waals surface area contributed by atoms with Crippen molar-refractivity contribution in [3.8, 4) is 0 Å². The second-order valence-corrected chi connectivity index (χ2v) is 5.06. The lowest BCUT2D eigenvalue weighted by Crippen LogP contribution is -2.46. The van der Waals surface area contributed by atoms with Crippen LogP contribution in [0.4, 0.5) is 0 Å². The summed E-state index contributed by atoms with van der Waals surface area (Å²) in [6, 6.07) is 0.398. The van der Waals surface area contributed by atoms with Gasteiger partial charge in [-0.2, -0.15) is 0 Å². The van der Waals surface area contributed by atoms with E-state index in [1.807, 2.05) is 0 Å². The average Bonchev–Trinajstić information content (AvgIpc) is 2.70. The Labute approximate surface area is 103 Å². The van der Waals surface area contributed by atoms with Gasteiger partial charge in [0, 0.05) is 25.7 Å². The molecule has 96 valence electrons. The van der Waals surface area contributed by atoms with Gasteiger partial charge >= 0.3 is 0 Å². The zero-order valence-corrected chi connectivity index (χ0v) is 10.7. The first-order valence-corrected chi connectivity index (χ1v) is 6.61. The van der Waals surface area contributed by atoms with Gasteiger partial charge in [-0.15, -0.1) is 0 Å². The maximum atomic E-state index is 11.6. The lowest BCUT2D eigenvalue weighted by atomic mass is 9.91. The van der Waals surface area contributed by atoms with Crippen LogP contribution in [0, 0.1) is 5.92 Å². The third kappa shape index (κ3) is 2.87. The smallest absolute Gasteiger partial charge is 0.224 e. The van der Waals surface area contributed by atoms with Gasteiger partial charge in [0.15, 0.2) is 0 Å². The first-order valence-electron chi connectivity index (χ1n) is 6.61. The number of likely N-dealkylation sites (tertiary alicyclic amines) is 1. The van der Waals surface area contributed by atoms with Crippen molar-refractivity contribution in [3.05, 3.63) is 12.2 Å². The van der Waals surface area contributed by atoms with Crippen molar-refractivity contribution in [2.45, 2.75) is 25.8 Å². The van der Waals surface area contributed by atoms with Gasteiger partial charge in [-0.25, -0.2) is 0 Å². The normalized spacial score (nSPS) is 28.9. The highest BCUT2D eigenvalue weighted by Gasteiger charge is 2.40. The highest BCUT2D eigenvalue weighted by atomic mass is 16.2. The molecule has 4 heteroatoms. The van der Waals surface area contributed by atoms with Crippen LogP contribution in [0.1, 0.15) is 19.8 Å². The molecule has 0 radical (unpaired) electrons. The molecular formula is C13H23N3O. The van der Waals surface area contributed by atoms with Crippen LogP contribution in [0.15, 0.2) is 12.2 Å². The number of amides is 1. The molecule has 4 nitrogen and oxygen atoms in total. The van der Waals surface area contributed by atoms with Gasteiger partial charge in [-0.3, -0.25) is 9.69 Å². The zero-order valence-electron chi connectivity index (χ0n) is 10.7. The summed E-state index contributed by atoms with van der Waals surface area (Å²) in [5, 5.41) is 6.28. The number of carbonyl (C=O) groups is 1. The molecule has 2 N–H and O–H groups in total. The number of nitrogens with zero attached hydrogens (tertiary/aromatic N) is 1. The number of hydrogen-bond acceptors (Lipinski definition) is 3. The fourth-order valence-corrected chi connectivity index (χ4v) is 2.88. The van der Waals surface area contributed by atoms with Gasteiger partial charge in [-0.05, 0) is 31.5 Å². The zero-order chi connectivity index (χ0) is 12.3. The lowest BCUT2D eigenvalue weighted by molar-refractivity contribution is -0.124. The highest BCUT2D eigenvalue weighted by molar-refractivity contribution is 5.82. The Morgan fingerprint density at radius 3 is 3.24 bits per heavy atom. The van der Waals surface area contributed by atoms with Crippen molar-refractivity contribution in [3.63, 3.8) is 0 Å². The third-order valence-corrected chi connectivity index (χ3v) is 3.77. The average molecular weight is 237 g/mol. The SMILES string of the molecule is C=C(CNCC)CN1CCCC2C(=O)NCC21. The van der Waals surface area contributed by atoms with Crippen molar-refractivity contribution >= 4 is 5.91 Å². The van der Waals surface area contributed by atoms with E-state index >= 15 is 0 Å². The van der Waals surface area contributed by atoms with E-state index in [2.05, 4.69) is 29.0 Å². The Hall–Kier alpha value is -0.870. The molecular weight excluding hydrogens is 214 g/mol. The number of fused-ring (bicyclic) bond motifs is 1. The van der Waals surface area contributed by atoms with Crippen LogP contribution in [0.5, 0.6) is 0 Å². The van der Waals surface area contributed by atoms with Crippen molar-refractivity contribution < 1.29 is 4.79 Å². The maximum absolute atomic E-state index is 11.6. The Balaban J connectivity index is 1.88. The molecule has 0 spiro atoms. The summed E-state index contributed by atoms with van der Waals surface area (Å²) >= 11 is 0. The topological polar surface area (TPSA) is 44.4 Å².